The molecule has 0 fully saturated rings. The van der Waals surface area contributed by atoms with Gasteiger partial charge in [0.2, 0.25) is 11.7 Å². The number of nitrogens with one attached hydrogen (secondary N) is 1. The molecule has 0 saturated carbocycles. The molecule has 0 aliphatic heterocycles. The summed E-state index contributed by atoms with van der Waals surface area (Å²) in [5, 5.41) is 23.4. The van der Waals surface area contributed by atoms with Crippen molar-refractivity contribution in [2.75, 3.05) is 33.9 Å². The predicted octanol–water partition coefficient (Wildman–Crippen LogP) is 2.09. The number of carbonyl (C=O) groups excluding carboxylic acids is 4. The van der Waals surface area contributed by atoms with Crippen molar-refractivity contribution in [3.63, 3.8) is 0 Å². The number of ketones is 1. The second kappa shape index (κ2) is 15.7. The first-order valence-corrected chi connectivity index (χ1v) is 14.5. The smallest absolute Gasteiger partial charge is 0.290 e. The molecular weight excluding hydrogens is 659 g/mol. The Bertz CT molecular complexity index is 1330. The van der Waals surface area contributed by atoms with Crippen molar-refractivity contribution in [2.45, 2.75) is 44.4 Å². The lowest BCUT2D eigenvalue weighted by Crippen LogP contribution is -2.56. The molecule has 0 radical (unpaired) electrons. The molecule has 42 heavy (non-hydrogen) atoms. The van der Waals surface area contributed by atoms with E-state index in [2.05, 4.69) is 5.32 Å². The van der Waals surface area contributed by atoms with Gasteiger partial charge in [-0.15, -0.1) is 0 Å². The van der Waals surface area contributed by atoms with Crippen LogP contribution < -0.4 is 19.5 Å². The van der Waals surface area contributed by atoms with Crippen molar-refractivity contribution in [2.24, 2.45) is 0 Å². The fraction of sp³-hybridized carbons (Fsp3) is 0.400. The SMILES string of the molecule is CCC(=O)C(=O)N(CCc1cccc(OC)c1)[C@@H]1CC(C(=O)NCCO)=C[C@H](Oc2c(I)cc(C=O)cc2OC)[C@H]1O. The van der Waals surface area contributed by atoms with E-state index in [1.165, 1.54) is 24.2 Å². The molecule has 0 aromatic heterocycles. The Morgan fingerprint density at radius 3 is 2.57 bits per heavy atom. The lowest BCUT2D eigenvalue weighted by atomic mass is 9.87. The first kappa shape index (κ1) is 33.0. The number of carbonyl (C=O) groups is 4. The van der Waals surface area contributed by atoms with Crippen molar-refractivity contribution in [1.29, 1.82) is 0 Å². The minimum Gasteiger partial charge on any atom is -0.497 e. The Kier molecular flexibility index (Phi) is 12.3. The highest BCUT2D eigenvalue weighted by Crippen LogP contribution is 2.37. The van der Waals surface area contributed by atoms with Gasteiger partial charge in [-0.05, 0) is 64.9 Å². The van der Waals surface area contributed by atoms with Crippen LogP contribution >= 0.6 is 22.6 Å². The fourth-order valence-corrected chi connectivity index (χ4v) is 5.40. The number of nitrogens with zero attached hydrogens (tertiary/aromatic N) is 1. The number of aliphatic hydroxyl groups is 2. The standard InChI is InChI=1S/C30H35IN2O9/c1-4-24(36)30(39)33(10-8-18-6-5-7-21(12-18)40-2)23-15-20(29(38)32-9-11-34)16-25(27(23)37)42-28-22(31)13-19(17-35)14-26(28)41-3/h5-7,12-14,16-17,23,25,27,34,37H,4,8-11,15H2,1-3H3,(H,32,38)/t23-,25+,27+/m1/s1. The van der Waals surface area contributed by atoms with Gasteiger partial charge in [-0.25, -0.2) is 0 Å². The van der Waals surface area contributed by atoms with Gasteiger partial charge in [0.05, 0.1) is 30.4 Å². The first-order chi connectivity index (χ1) is 20.2. The number of Topliss-reactive ketones (excluding diaryl/α,β-unsaturated/α-hetero) is 1. The number of aldehydes is 1. The molecule has 0 saturated heterocycles. The number of benzene rings is 2. The molecule has 1 aliphatic carbocycles. The third-order valence-corrected chi connectivity index (χ3v) is 7.65. The number of aliphatic hydroxyl groups excluding tert-OH is 2. The van der Waals surface area contributed by atoms with Gasteiger partial charge >= 0.3 is 0 Å². The summed E-state index contributed by atoms with van der Waals surface area (Å²) in [5.41, 5.74) is 1.42. The second-order valence-electron chi connectivity index (χ2n) is 9.54. The summed E-state index contributed by atoms with van der Waals surface area (Å²) in [6.45, 7) is 1.38. The van der Waals surface area contributed by atoms with E-state index in [1.807, 2.05) is 40.8 Å². The summed E-state index contributed by atoms with van der Waals surface area (Å²) < 4.78 is 17.4. The Morgan fingerprint density at radius 2 is 1.93 bits per heavy atom. The van der Waals surface area contributed by atoms with Crippen LogP contribution in [0.1, 0.15) is 35.7 Å². The molecule has 2 aromatic carbocycles. The highest BCUT2D eigenvalue weighted by atomic mass is 127. The number of hydrogen-bond donors (Lipinski definition) is 3. The average molecular weight is 695 g/mol. The van der Waals surface area contributed by atoms with Crippen LogP contribution in [0.5, 0.6) is 17.2 Å². The number of halogens is 1. The number of hydrogen-bond acceptors (Lipinski definition) is 9. The van der Waals surface area contributed by atoms with Crippen LogP contribution in [0, 0.1) is 3.57 Å². The van der Waals surface area contributed by atoms with Crippen molar-refractivity contribution in [3.8, 4) is 17.2 Å². The van der Waals surface area contributed by atoms with E-state index in [9.17, 15) is 29.4 Å². The number of rotatable bonds is 14. The van der Waals surface area contributed by atoms with Gasteiger partial charge in [0, 0.05) is 37.1 Å². The molecule has 1 aliphatic rings. The Morgan fingerprint density at radius 1 is 1.17 bits per heavy atom. The van der Waals surface area contributed by atoms with Crippen LogP contribution in [0.3, 0.4) is 0 Å². The van der Waals surface area contributed by atoms with Gasteiger partial charge in [-0.1, -0.05) is 19.1 Å². The van der Waals surface area contributed by atoms with E-state index < -0.39 is 35.8 Å². The predicted molar refractivity (Wildman–Crippen MR) is 162 cm³/mol. The molecule has 0 unspecified atom stereocenters. The molecule has 2 amide bonds. The first-order valence-electron chi connectivity index (χ1n) is 13.4. The van der Waals surface area contributed by atoms with Gasteiger partial charge < -0.3 is 34.6 Å². The maximum Gasteiger partial charge on any atom is 0.290 e. The second-order valence-corrected chi connectivity index (χ2v) is 10.7. The average Bonchev–Trinajstić information content (AvgIpc) is 3.01. The molecule has 3 atom stereocenters. The third kappa shape index (κ3) is 8.07. The van der Waals surface area contributed by atoms with Crippen molar-refractivity contribution < 1.29 is 43.6 Å². The summed E-state index contributed by atoms with van der Waals surface area (Å²) in [5.74, 6) is -0.802. The molecule has 11 nitrogen and oxygen atoms in total. The Labute approximate surface area is 258 Å². The quantitative estimate of drug-likeness (QED) is 0.154. The highest BCUT2D eigenvalue weighted by molar-refractivity contribution is 14.1. The van der Waals surface area contributed by atoms with Crippen LogP contribution in [0.4, 0.5) is 0 Å². The summed E-state index contributed by atoms with van der Waals surface area (Å²) in [4.78, 5) is 51.7. The number of methoxy groups -OCH3 is 2. The van der Waals surface area contributed by atoms with Crippen LogP contribution in [0.2, 0.25) is 0 Å². The van der Waals surface area contributed by atoms with Crippen molar-refractivity contribution in [1.82, 2.24) is 10.2 Å². The van der Waals surface area contributed by atoms with E-state index >= 15 is 0 Å². The van der Waals surface area contributed by atoms with Gasteiger partial charge in [0.1, 0.15) is 24.2 Å². The summed E-state index contributed by atoms with van der Waals surface area (Å²) in [6, 6.07) is 9.36. The van der Waals surface area contributed by atoms with Gasteiger partial charge in [0.15, 0.2) is 11.5 Å². The summed E-state index contributed by atoms with van der Waals surface area (Å²) in [6.07, 6.45) is -0.0870. The lowest BCUT2D eigenvalue weighted by molar-refractivity contribution is -0.149. The van der Waals surface area contributed by atoms with E-state index in [0.29, 0.717) is 27.6 Å². The third-order valence-electron chi connectivity index (χ3n) is 6.85. The minimum atomic E-state index is -1.34. The molecule has 226 valence electrons. The molecule has 2 aromatic rings. The van der Waals surface area contributed by atoms with E-state index in [4.69, 9.17) is 14.2 Å². The van der Waals surface area contributed by atoms with E-state index in [0.717, 1.165) is 5.56 Å². The van der Waals surface area contributed by atoms with E-state index in [1.54, 1.807) is 26.2 Å². The highest BCUT2D eigenvalue weighted by Gasteiger charge is 2.41. The van der Waals surface area contributed by atoms with Crippen LogP contribution in [-0.2, 0) is 20.8 Å². The molecule has 0 spiro atoms. The van der Waals surface area contributed by atoms with Crippen LogP contribution in [-0.4, -0.2) is 91.2 Å². The zero-order valence-corrected chi connectivity index (χ0v) is 25.8. The Hall–Kier alpha value is -3.49. The minimum absolute atomic E-state index is 0.000597. The Balaban J connectivity index is 2.02. The van der Waals surface area contributed by atoms with E-state index in [-0.39, 0.29) is 49.6 Å². The maximum absolute atomic E-state index is 13.4. The molecule has 12 heteroatoms. The maximum atomic E-state index is 13.4. The largest absolute Gasteiger partial charge is 0.497 e. The van der Waals surface area contributed by atoms with Gasteiger partial charge in [0.25, 0.3) is 5.91 Å². The zero-order chi connectivity index (χ0) is 30.8. The summed E-state index contributed by atoms with van der Waals surface area (Å²) >= 11 is 1.97. The summed E-state index contributed by atoms with van der Waals surface area (Å²) in [7, 11) is 2.96. The molecular formula is C30H35IN2O9. The van der Waals surface area contributed by atoms with Crippen LogP contribution in [0.25, 0.3) is 0 Å². The molecule has 3 N–H and O–H groups in total. The molecule has 3 rings (SSSR count). The number of ether oxygens (including phenoxy) is 3. The van der Waals surface area contributed by atoms with Crippen molar-refractivity contribution >= 4 is 46.5 Å². The van der Waals surface area contributed by atoms with Gasteiger partial charge in [-0.3, -0.25) is 19.2 Å². The molecule has 0 bridgehead atoms. The lowest BCUT2D eigenvalue weighted by Gasteiger charge is -2.40. The van der Waals surface area contributed by atoms with Gasteiger partial charge in [-0.2, -0.15) is 0 Å². The fourth-order valence-electron chi connectivity index (χ4n) is 4.64. The topological polar surface area (TPSA) is 152 Å². The normalized spacial score (nSPS) is 18.0. The zero-order valence-electron chi connectivity index (χ0n) is 23.7. The molecule has 0 heterocycles. The number of amides is 2. The van der Waals surface area contributed by atoms with Crippen LogP contribution in [0.15, 0.2) is 48.0 Å². The monoisotopic (exact) mass is 694 g/mol. The van der Waals surface area contributed by atoms with Crippen molar-refractivity contribution in [3.05, 3.63) is 62.7 Å².